The number of rotatable bonds is 9. The molecule has 1 heterocycles. The van der Waals surface area contributed by atoms with Gasteiger partial charge in [-0.1, -0.05) is 12.5 Å². The molecule has 7 nitrogen and oxygen atoms in total. The minimum atomic E-state index is -0.210. The first kappa shape index (κ1) is 17.9. The number of carbonyl (C=O) groups excluding carboxylic acids is 2. The number of hydrogen-bond acceptors (Lipinski definition) is 5. The molecule has 1 aliphatic rings. The van der Waals surface area contributed by atoms with Crippen molar-refractivity contribution in [2.24, 2.45) is 0 Å². The number of hydrogen-bond donors (Lipinski definition) is 2. The SMILES string of the molecule is CCOC(=O)CCCCCNC(=O)NCc1ccc2c(c1)OCO2. The second-order valence-corrected chi connectivity index (χ2v) is 5.41. The normalized spacial score (nSPS) is 11.9. The van der Waals surface area contributed by atoms with Crippen LogP contribution in [0.2, 0.25) is 0 Å². The molecule has 0 bridgehead atoms. The van der Waals surface area contributed by atoms with Crippen LogP contribution in [0.4, 0.5) is 4.79 Å². The number of benzene rings is 1. The molecule has 0 fully saturated rings. The lowest BCUT2D eigenvalue weighted by atomic mass is 10.2. The van der Waals surface area contributed by atoms with Gasteiger partial charge in [0.15, 0.2) is 11.5 Å². The molecular formula is C17H24N2O5. The Kier molecular flexibility index (Phi) is 7.20. The zero-order valence-electron chi connectivity index (χ0n) is 13.9. The van der Waals surface area contributed by atoms with Gasteiger partial charge in [-0.3, -0.25) is 4.79 Å². The van der Waals surface area contributed by atoms with E-state index in [-0.39, 0.29) is 18.8 Å². The number of unbranched alkanes of at least 4 members (excludes halogenated alkanes) is 2. The Morgan fingerprint density at radius 1 is 1.12 bits per heavy atom. The summed E-state index contributed by atoms with van der Waals surface area (Å²) in [4.78, 5) is 22.9. The van der Waals surface area contributed by atoms with E-state index in [2.05, 4.69) is 10.6 Å². The highest BCUT2D eigenvalue weighted by atomic mass is 16.7. The summed E-state index contributed by atoms with van der Waals surface area (Å²) in [5.74, 6) is 1.27. The number of urea groups is 1. The van der Waals surface area contributed by atoms with Crippen molar-refractivity contribution in [3.05, 3.63) is 23.8 Å². The maximum absolute atomic E-state index is 11.7. The second kappa shape index (κ2) is 9.64. The standard InChI is InChI=1S/C17H24N2O5/c1-2-22-16(20)6-4-3-5-9-18-17(21)19-11-13-7-8-14-15(10-13)24-12-23-14/h7-8,10H,2-6,9,11-12H2,1H3,(H2,18,19,21). The largest absolute Gasteiger partial charge is 0.466 e. The van der Waals surface area contributed by atoms with E-state index in [0.717, 1.165) is 30.6 Å². The molecule has 2 rings (SSSR count). The van der Waals surface area contributed by atoms with E-state index >= 15 is 0 Å². The summed E-state index contributed by atoms with van der Waals surface area (Å²) in [5.41, 5.74) is 0.948. The van der Waals surface area contributed by atoms with Crippen molar-refractivity contribution in [3.8, 4) is 11.5 Å². The second-order valence-electron chi connectivity index (χ2n) is 5.41. The number of carbonyl (C=O) groups is 2. The summed E-state index contributed by atoms with van der Waals surface area (Å²) < 4.78 is 15.4. The van der Waals surface area contributed by atoms with Crippen LogP contribution < -0.4 is 20.1 Å². The summed E-state index contributed by atoms with van der Waals surface area (Å²) in [6.07, 6.45) is 2.92. The van der Waals surface area contributed by atoms with Crippen LogP contribution in [-0.4, -0.2) is 31.9 Å². The van der Waals surface area contributed by atoms with Gasteiger partial charge in [0.25, 0.3) is 0 Å². The zero-order valence-corrected chi connectivity index (χ0v) is 13.9. The third-order valence-corrected chi connectivity index (χ3v) is 3.54. The van der Waals surface area contributed by atoms with Crippen molar-refractivity contribution >= 4 is 12.0 Å². The predicted octanol–water partition coefficient (Wildman–Crippen LogP) is 2.34. The lowest BCUT2D eigenvalue weighted by molar-refractivity contribution is -0.143. The average Bonchev–Trinajstić information content (AvgIpc) is 3.04. The number of esters is 1. The van der Waals surface area contributed by atoms with Gasteiger partial charge in [0.05, 0.1) is 6.61 Å². The molecule has 0 atom stereocenters. The Morgan fingerprint density at radius 2 is 1.96 bits per heavy atom. The van der Waals surface area contributed by atoms with Gasteiger partial charge in [-0.25, -0.2) is 4.79 Å². The smallest absolute Gasteiger partial charge is 0.315 e. The van der Waals surface area contributed by atoms with Gasteiger partial charge in [-0.05, 0) is 37.5 Å². The summed E-state index contributed by atoms with van der Waals surface area (Å²) in [6.45, 7) is 3.46. The van der Waals surface area contributed by atoms with Gasteiger partial charge >= 0.3 is 12.0 Å². The van der Waals surface area contributed by atoms with Crippen molar-refractivity contribution in [3.63, 3.8) is 0 Å². The number of ether oxygens (including phenoxy) is 3. The fraction of sp³-hybridized carbons (Fsp3) is 0.529. The molecule has 7 heteroatoms. The van der Waals surface area contributed by atoms with Crippen LogP contribution in [0.15, 0.2) is 18.2 Å². The molecule has 0 aliphatic carbocycles. The lowest BCUT2D eigenvalue weighted by Gasteiger charge is -2.08. The van der Waals surface area contributed by atoms with Gasteiger partial charge in [0.1, 0.15) is 0 Å². The Morgan fingerprint density at radius 3 is 2.79 bits per heavy atom. The molecule has 0 aromatic heterocycles. The molecule has 0 spiro atoms. The molecule has 0 saturated heterocycles. The van der Waals surface area contributed by atoms with Crippen molar-refractivity contribution in [2.45, 2.75) is 39.2 Å². The number of nitrogens with one attached hydrogen (secondary N) is 2. The van der Waals surface area contributed by atoms with Crippen LogP contribution in [0.3, 0.4) is 0 Å². The monoisotopic (exact) mass is 336 g/mol. The Labute approximate surface area is 141 Å². The molecule has 2 amide bonds. The third kappa shape index (κ3) is 5.98. The molecule has 2 N–H and O–H groups in total. The minimum Gasteiger partial charge on any atom is -0.466 e. The third-order valence-electron chi connectivity index (χ3n) is 3.54. The number of fused-ring (bicyclic) bond motifs is 1. The van der Waals surface area contributed by atoms with Gasteiger partial charge in [-0.2, -0.15) is 0 Å². The van der Waals surface area contributed by atoms with Crippen LogP contribution in [0, 0.1) is 0 Å². The van der Waals surface area contributed by atoms with E-state index in [1.807, 2.05) is 18.2 Å². The quantitative estimate of drug-likeness (QED) is 0.534. The molecule has 1 aromatic rings. The summed E-state index contributed by atoms with van der Waals surface area (Å²) in [6, 6.07) is 5.38. The van der Waals surface area contributed by atoms with Crippen molar-refractivity contribution in [1.82, 2.24) is 10.6 Å². The molecule has 132 valence electrons. The van der Waals surface area contributed by atoms with Crippen LogP contribution in [0.5, 0.6) is 11.5 Å². The fourth-order valence-electron chi connectivity index (χ4n) is 2.30. The highest BCUT2D eigenvalue weighted by Crippen LogP contribution is 2.32. The van der Waals surface area contributed by atoms with Crippen LogP contribution in [0.1, 0.15) is 38.2 Å². The Bertz CT molecular complexity index is 562. The first-order valence-corrected chi connectivity index (χ1v) is 8.25. The summed E-state index contributed by atoms with van der Waals surface area (Å²) in [5, 5.41) is 5.59. The molecule has 0 unspecified atom stereocenters. The number of amides is 2. The van der Waals surface area contributed by atoms with E-state index in [1.54, 1.807) is 6.92 Å². The van der Waals surface area contributed by atoms with Crippen LogP contribution >= 0.6 is 0 Å². The highest BCUT2D eigenvalue weighted by molar-refractivity contribution is 5.73. The van der Waals surface area contributed by atoms with Crippen molar-refractivity contribution in [2.75, 3.05) is 19.9 Å². The maximum Gasteiger partial charge on any atom is 0.315 e. The molecule has 1 aromatic carbocycles. The molecule has 1 aliphatic heterocycles. The lowest BCUT2D eigenvalue weighted by Crippen LogP contribution is -2.35. The molecule has 24 heavy (non-hydrogen) atoms. The van der Waals surface area contributed by atoms with Crippen molar-refractivity contribution in [1.29, 1.82) is 0 Å². The zero-order chi connectivity index (χ0) is 17.2. The maximum atomic E-state index is 11.7. The topological polar surface area (TPSA) is 85.9 Å². The average molecular weight is 336 g/mol. The highest BCUT2D eigenvalue weighted by Gasteiger charge is 2.13. The van der Waals surface area contributed by atoms with E-state index in [4.69, 9.17) is 14.2 Å². The first-order chi connectivity index (χ1) is 11.7. The molecular weight excluding hydrogens is 312 g/mol. The Hall–Kier alpha value is -2.44. The molecule has 0 saturated carbocycles. The van der Waals surface area contributed by atoms with E-state index in [0.29, 0.717) is 31.9 Å². The minimum absolute atomic E-state index is 0.160. The van der Waals surface area contributed by atoms with Crippen LogP contribution in [0.25, 0.3) is 0 Å². The Balaban J connectivity index is 1.53. The fourth-order valence-corrected chi connectivity index (χ4v) is 2.30. The van der Waals surface area contributed by atoms with E-state index in [9.17, 15) is 9.59 Å². The first-order valence-electron chi connectivity index (χ1n) is 8.25. The van der Waals surface area contributed by atoms with E-state index < -0.39 is 0 Å². The van der Waals surface area contributed by atoms with Gasteiger partial charge in [-0.15, -0.1) is 0 Å². The van der Waals surface area contributed by atoms with Gasteiger partial charge in [0, 0.05) is 19.5 Å². The predicted molar refractivity (Wildman–Crippen MR) is 87.9 cm³/mol. The van der Waals surface area contributed by atoms with Crippen LogP contribution in [-0.2, 0) is 16.1 Å². The summed E-state index contributed by atoms with van der Waals surface area (Å²) >= 11 is 0. The molecule has 0 radical (unpaired) electrons. The summed E-state index contributed by atoms with van der Waals surface area (Å²) in [7, 11) is 0. The van der Waals surface area contributed by atoms with Gasteiger partial charge < -0.3 is 24.8 Å². The van der Waals surface area contributed by atoms with E-state index in [1.165, 1.54) is 0 Å². The van der Waals surface area contributed by atoms with Crippen molar-refractivity contribution < 1.29 is 23.8 Å². The van der Waals surface area contributed by atoms with Gasteiger partial charge in [0.2, 0.25) is 6.79 Å².